The number of pyridine rings is 1. The Labute approximate surface area is 127 Å². The van der Waals surface area contributed by atoms with E-state index < -0.39 is 0 Å². The summed E-state index contributed by atoms with van der Waals surface area (Å²) in [6, 6.07) is 16.3. The zero-order valence-corrected chi connectivity index (χ0v) is 12.3. The van der Waals surface area contributed by atoms with Crippen LogP contribution in [-0.4, -0.2) is 9.97 Å². The Morgan fingerprint density at radius 1 is 1.00 bits per heavy atom. The number of nitrogens with zero attached hydrogens (tertiary/aromatic N) is 1. The number of hydrogen-bond donors (Lipinski definition) is 1. The lowest BCUT2D eigenvalue weighted by atomic mass is 10.1. The van der Waals surface area contributed by atoms with Gasteiger partial charge in [-0.05, 0) is 30.7 Å². The lowest BCUT2D eigenvalue weighted by Crippen LogP contribution is -1.87. The van der Waals surface area contributed by atoms with Crippen molar-refractivity contribution < 1.29 is 0 Å². The molecule has 2 aromatic heterocycles. The molecule has 3 heteroatoms. The average molecular weight is 293 g/mol. The van der Waals surface area contributed by atoms with Gasteiger partial charge in [-0.2, -0.15) is 0 Å². The van der Waals surface area contributed by atoms with Crippen molar-refractivity contribution in [3.05, 3.63) is 65.3 Å². The van der Waals surface area contributed by atoms with Gasteiger partial charge in [0, 0.05) is 28.0 Å². The predicted octanol–water partition coefficient (Wildman–Crippen LogP) is 5.34. The van der Waals surface area contributed by atoms with Crippen LogP contribution < -0.4 is 0 Å². The summed E-state index contributed by atoms with van der Waals surface area (Å²) in [6.45, 7) is 2.06. The van der Waals surface area contributed by atoms with Crippen molar-refractivity contribution in [1.29, 1.82) is 0 Å². The lowest BCUT2D eigenvalue weighted by molar-refractivity contribution is 1.38. The third-order valence-corrected chi connectivity index (χ3v) is 4.09. The number of hydrogen-bond acceptors (Lipinski definition) is 1. The molecule has 0 spiro atoms. The Morgan fingerprint density at radius 2 is 1.86 bits per heavy atom. The first-order valence-corrected chi connectivity index (χ1v) is 7.23. The van der Waals surface area contributed by atoms with Crippen molar-refractivity contribution in [3.8, 4) is 11.3 Å². The molecule has 102 valence electrons. The largest absolute Gasteiger partial charge is 0.360 e. The van der Waals surface area contributed by atoms with E-state index >= 15 is 0 Å². The van der Waals surface area contributed by atoms with E-state index in [0.29, 0.717) is 0 Å². The molecule has 4 rings (SSSR count). The first kappa shape index (κ1) is 12.4. The van der Waals surface area contributed by atoms with E-state index in [1.165, 1.54) is 5.56 Å². The van der Waals surface area contributed by atoms with E-state index in [4.69, 9.17) is 16.6 Å². The zero-order chi connectivity index (χ0) is 14.4. The molecule has 21 heavy (non-hydrogen) atoms. The molecule has 0 aliphatic heterocycles. The van der Waals surface area contributed by atoms with Crippen molar-refractivity contribution in [2.24, 2.45) is 0 Å². The van der Waals surface area contributed by atoms with E-state index in [-0.39, 0.29) is 0 Å². The van der Waals surface area contributed by atoms with Crippen molar-refractivity contribution in [1.82, 2.24) is 9.97 Å². The Kier molecular flexibility index (Phi) is 2.72. The van der Waals surface area contributed by atoms with Crippen LogP contribution in [0.3, 0.4) is 0 Å². The van der Waals surface area contributed by atoms with Gasteiger partial charge in [0.25, 0.3) is 0 Å². The standard InChI is InChI=1S/C18H13ClN2/c1-11-6-7-13-15(19)9-18(21-17(13)8-11)14-10-20-16-5-3-2-4-12(14)16/h2-10,20H,1H3. The lowest BCUT2D eigenvalue weighted by Gasteiger charge is -2.05. The number of fused-ring (bicyclic) bond motifs is 2. The van der Waals surface area contributed by atoms with Crippen LogP contribution in [0.15, 0.2) is 54.7 Å². The molecule has 2 aromatic carbocycles. The molecular weight excluding hydrogens is 280 g/mol. The number of H-pyrrole nitrogens is 1. The minimum atomic E-state index is 0.736. The van der Waals surface area contributed by atoms with Crippen molar-refractivity contribution in [2.45, 2.75) is 6.92 Å². The van der Waals surface area contributed by atoms with E-state index in [2.05, 4.69) is 36.2 Å². The molecule has 0 bridgehead atoms. The molecule has 1 N–H and O–H groups in total. The number of benzene rings is 2. The Bertz CT molecular complexity index is 969. The molecule has 0 aliphatic carbocycles. The predicted molar refractivity (Wildman–Crippen MR) is 88.8 cm³/mol. The summed E-state index contributed by atoms with van der Waals surface area (Å²) in [5.41, 5.74) is 5.20. The van der Waals surface area contributed by atoms with Gasteiger partial charge in [0.2, 0.25) is 0 Å². The second-order valence-corrected chi connectivity index (χ2v) is 5.67. The molecule has 0 saturated carbocycles. The molecule has 0 unspecified atom stereocenters. The van der Waals surface area contributed by atoms with Crippen LogP contribution in [0.2, 0.25) is 5.02 Å². The number of rotatable bonds is 1. The van der Waals surface area contributed by atoms with Crippen LogP contribution in [-0.2, 0) is 0 Å². The zero-order valence-electron chi connectivity index (χ0n) is 11.5. The minimum absolute atomic E-state index is 0.736. The van der Waals surface area contributed by atoms with Crippen LogP contribution in [0.4, 0.5) is 0 Å². The number of aromatic amines is 1. The summed E-state index contributed by atoms with van der Waals surface area (Å²) in [7, 11) is 0. The van der Waals surface area contributed by atoms with Gasteiger partial charge >= 0.3 is 0 Å². The first-order valence-electron chi connectivity index (χ1n) is 6.86. The molecule has 0 radical (unpaired) electrons. The van der Waals surface area contributed by atoms with Crippen LogP contribution >= 0.6 is 11.6 Å². The average Bonchev–Trinajstić information content (AvgIpc) is 2.90. The summed E-state index contributed by atoms with van der Waals surface area (Å²) in [5, 5.41) is 2.89. The minimum Gasteiger partial charge on any atom is -0.360 e. The van der Waals surface area contributed by atoms with Gasteiger partial charge < -0.3 is 4.98 Å². The summed E-state index contributed by atoms with van der Waals surface area (Å²) >= 11 is 6.43. The fourth-order valence-corrected chi connectivity index (χ4v) is 2.98. The smallest absolute Gasteiger partial charge is 0.0746 e. The Balaban J connectivity index is 2.02. The highest BCUT2D eigenvalue weighted by Gasteiger charge is 2.10. The molecule has 0 saturated heterocycles. The highest BCUT2D eigenvalue weighted by Crippen LogP contribution is 2.32. The number of aromatic nitrogens is 2. The van der Waals surface area contributed by atoms with Crippen LogP contribution in [0.5, 0.6) is 0 Å². The van der Waals surface area contributed by atoms with E-state index in [1.54, 1.807) is 0 Å². The fraction of sp³-hybridized carbons (Fsp3) is 0.0556. The van der Waals surface area contributed by atoms with Gasteiger partial charge in [-0.1, -0.05) is 41.9 Å². The Hall–Kier alpha value is -2.32. The third kappa shape index (κ3) is 1.99. The summed E-state index contributed by atoms with van der Waals surface area (Å²) in [4.78, 5) is 8.07. The number of aryl methyl sites for hydroxylation is 1. The summed E-state index contributed by atoms with van der Waals surface area (Å²) in [6.07, 6.45) is 1.99. The van der Waals surface area contributed by atoms with Crippen LogP contribution in [0.25, 0.3) is 33.1 Å². The fourth-order valence-electron chi connectivity index (χ4n) is 2.72. The van der Waals surface area contributed by atoms with Gasteiger partial charge in [0.1, 0.15) is 0 Å². The van der Waals surface area contributed by atoms with Gasteiger partial charge in [0.15, 0.2) is 0 Å². The molecule has 2 nitrogen and oxygen atoms in total. The normalized spacial score (nSPS) is 11.3. The van der Waals surface area contributed by atoms with Gasteiger partial charge in [-0.15, -0.1) is 0 Å². The number of nitrogens with one attached hydrogen (secondary N) is 1. The van der Waals surface area contributed by atoms with Crippen molar-refractivity contribution in [3.63, 3.8) is 0 Å². The molecule has 0 atom stereocenters. The molecule has 0 amide bonds. The maximum Gasteiger partial charge on any atom is 0.0746 e. The molecule has 0 aliphatic rings. The maximum absolute atomic E-state index is 6.43. The third-order valence-electron chi connectivity index (χ3n) is 3.78. The van der Waals surface area contributed by atoms with Gasteiger partial charge in [0.05, 0.1) is 16.2 Å². The first-order chi connectivity index (χ1) is 10.2. The van der Waals surface area contributed by atoms with Crippen LogP contribution in [0, 0.1) is 6.92 Å². The van der Waals surface area contributed by atoms with Crippen molar-refractivity contribution >= 4 is 33.4 Å². The number of para-hydroxylation sites is 1. The molecule has 2 heterocycles. The summed E-state index contributed by atoms with van der Waals surface area (Å²) < 4.78 is 0. The topological polar surface area (TPSA) is 28.7 Å². The second kappa shape index (κ2) is 4.61. The second-order valence-electron chi connectivity index (χ2n) is 5.26. The highest BCUT2D eigenvalue weighted by atomic mass is 35.5. The van der Waals surface area contributed by atoms with E-state index in [1.807, 2.05) is 30.5 Å². The molecule has 4 aromatic rings. The maximum atomic E-state index is 6.43. The monoisotopic (exact) mass is 292 g/mol. The SMILES string of the molecule is Cc1ccc2c(Cl)cc(-c3c[nH]c4ccccc34)nc2c1. The quantitative estimate of drug-likeness (QED) is 0.503. The molecule has 0 fully saturated rings. The number of halogens is 1. The van der Waals surface area contributed by atoms with Gasteiger partial charge in [-0.25, -0.2) is 4.98 Å². The Morgan fingerprint density at radius 3 is 2.76 bits per heavy atom. The van der Waals surface area contributed by atoms with Crippen LogP contribution in [0.1, 0.15) is 5.56 Å². The molecular formula is C18H13ClN2. The van der Waals surface area contributed by atoms with Crippen molar-refractivity contribution in [2.75, 3.05) is 0 Å². The van der Waals surface area contributed by atoms with E-state index in [9.17, 15) is 0 Å². The van der Waals surface area contributed by atoms with Gasteiger partial charge in [-0.3, -0.25) is 0 Å². The summed E-state index contributed by atoms with van der Waals surface area (Å²) in [5.74, 6) is 0. The highest BCUT2D eigenvalue weighted by molar-refractivity contribution is 6.35. The van der Waals surface area contributed by atoms with E-state index in [0.717, 1.165) is 38.1 Å².